The minimum absolute atomic E-state index is 0.201. The van der Waals surface area contributed by atoms with E-state index in [1.807, 2.05) is 0 Å². The van der Waals surface area contributed by atoms with Gasteiger partial charge in [0.25, 0.3) is 0 Å². The Bertz CT molecular complexity index is 690. The largest absolute Gasteiger partial charge is 0.418 e. The molecular weight excluding hydrogens is 367 g/mol. The molecule has 22 heavy (non-hydrogen) atoms. The number of hydrogen-bond donors (Lipinski definition) is 1. The molecule has 0 spiro atoms. The lowest BCUT2D eigenvalue weighted by Gasteiger charge is -2.09. The van der Waals surface area contributed by atoms with E-state index >= 15 is 0 Å². The van der Waals surface area contributed by atoms with Gasteiger partial charge in [0.1, 0.15) is 0 Å². The molecule has 2 rings (SSSR count). The van der Waals surface area contributed by atoms with Gasteiger partial charge in [-0.2, -0.15) is 13.2 Å². The lowest BCUT2D eigenvalue weighted by Crippen LogP contribution is -2.10. The van der Waals surface area contributed by atoms with E-state index in [0.29, 0.717) is 12.3 Å². The maximum atomic E-state index is 12.6. The molecule has 0 atom stereocenters. The van der Waals surface area contributed by atoms with Crippen LogP contribution in [0.3, 0.4) is 0 Å². The molecule has 5 nitrogen and oxygen atoms in total. The molecule has 116 valence electrons. The van der Waals surface area contributed by atoms with Gasteiger partial charge in [-0.1, -0.05) is 28.1 Å². The van der Waals surface area contributed by atoms with E-state index in [1.54, 1.807) is 24.3 Å². The first-order valence-electron chi connectivity index (χ1n) is 5.97. The first-order valence-corrected chi connectivity index (χ1v) is 6.76. The summed E-state index contributed by atoms with van der Waals surface area (Å²) in [5.41, 5.74) is -1.07. The summed E-state index contributed by atoms with van der Waals surface area (Å²) in [5.74, 6) is -0.207. The third-order valence-electron chi connectivity index (χ3n) is 2.76. The highest BCUT2D eigenvalue weighted by Gasteiger charge is 2.33. The van der Waals surface area contributed by atoms with Crippen molar-refractivity contribution in [2.75, 3.05) is 5.32 Å². The maximum absolute atomic E-state index is 12.6. The average molecular weight is 376 g/mol. The lowest BCUT2D eigenvalue weighted by molar-refractivity contribution is -0.384. The van der Waals surface area contributed by atoms with E-state index < -0.39 is 22.4 Å². The van der Waals surface area contributed by atoms with Crippen molar-refractivity contribution in [1.29, 1.82) is 0 Å². The monoisotopic (exact) mass is 375 g/mol. The Kier molecular flexibility index (Phi) is 4.65. The fourth-order valence-electron chi connectivity index (χ4n) is 1.67. The molecule has 2 aromatic rings. The molecule has 0 radical (unpaired) electrons. The van der Waals surface area contributed by atoms with E-state index in [-0.39, 0.29) is 12.4 Å². The van der Waals surface area contributed by atoms with Crippen LogP contribution in [-0.4, -0.2) is 9.91 Å². The highest BCUT2D eigenvalue weighted by Crippen LogP contribution is 2.33. The number of hydrogen-bond acceptors (Lipinski definition) is 4. The zero-order valence-corrected chi connectivity index (χ0v) is 12.5. The van der Waals surface area contributed by atoms with Crippen molar-refractivity contribution in [2.45, 2.75) is 12.7 Å². The normalized spacial score (nSPS) is 11.3. The Morgan fingerprint density at radius 1 is 1.27 bits per heavy atom. The second-order valence-electron chi connectivity index (χ2n) is 4.33. The standard InChI is InChI=1S/C13H9BrF3N3O2/c14-10-3-1-8(2-4-10)6-18-12-11(20(21)22)5-9(7-19-12)13(15,16)17/h1-5,7H,6H2,(H,18,19). The number of nitro groups is 1. The van der Waals surface area contributed by atoms with Crippen molar-refractivity contribution in [2.24, 2.45) is 0 Å². The quantitative estimate of drug-likeness (QED) is 0.635. The first-order chi connectivity index (χ1) is 10.3. The lowest BCUT2D eigenvalue weighted by atomic mass is 10.2. The van der Waals surface area contributed by atoms with Gasteiger partial charge in [-0.05, 0) is 17.7 Å². The van der Waals surface area contributed by atoms with Gasteiger partial charge in [0.05, 0.1) is 10.5 Å². The van der Waals surface area contributed by atoms with Crippen molar-refractivity contribution in [1.82, 2.24) is 4.98 Å². The van der Waals surface area contributed by atoms with Crippen LogP contribution in [0.25, 0.3) is 0 Å². The minimum Gasteiger partial charge on any atom is -0.360 e. The molecule has 1 aromatic heterocycles. The van der Waals surface area contributed by atoms with E-state index in [0.717, 1.165) is 10.0 Å². The molecule has 0 aliphatic carbocycles. The second kappa shape index (κ2) is 6.30. The van der Waals surface area contributed by atoms with Crippen molar-refractivity contribution < 1.29 is 18.1 Å². The fraction of sp³-hybridized carbons (Fsp3) is 0.154. The van der Waals surface area contributed by atoms with Gasteiger partial charge < -0.3 is 5.32 Å². The molecule has 0 unspecified atom stereocenters. The van der Waals surface area contributed by atoms with E-state index in [2.05, 4.69) is 26.2 Å². The smallest absolute Gasteiger partial charge is 0.360 e. The first kappa shape index (κ1) is 16.2. The number of nitrogens with one attached hydrogen (secondary N) is 1. The molecule has 1 N–H and O–H groups in total. The van der Waals surface area contributed by atoms with Gasteiger partial charge in [0.2, 0.25) is 5.82 Å². The number of anilines is 1. The zero-order chi connectivity index (χ0) is 16.3. The van der Waals surface area contributed by atoms with Crippen LogP contribution in [0.2, 0.25) is 0 Å². The van der Waals surface area contributed by atoms with Gasteiger partial charge >= 0.3 is 11.9 Å². The average Bonchev–Trinajstić information content (AvgIpc) is 2.45. The van der Waals surface area contributed by atoms with Gasteiger partial charge in [0, 0.05) is 23.3 Å². The van der Waals surface area contributed by atoms with Crippen LogP contribution in [0.4, 0.5) is 24.7 Å². The van der Waals surface area contributed by atoms with Crippen molar-refractivity contribution in [3.05, 3.63) is 62.2 Å². The van der Waals surface area contributed by atoms with Crippen LogP contribution < -0.4 is 5.32 Å². The highest BCUT2D eigenvalue weighted by atomic mass is 79.9. The number of rotatable bonds is 4. The summed E-state index contributed by atoms with van der Waals surface area (Å²) in [4.78, 5) is 13.5. The Morgan fingerprint density at radius 3 is 2.45 bits per heavy atom. The van der Waals surface area contributed by atoms with Crippen LogP contribution in [0.5, 0.6) is 0 Å². The number of alkyl halides is 3. The summed E-state index contributed by atoms with van der Waals surface area (Å²) in [7, 11) is 0. The summed E-state index contributed by atoms with van der Waals surface area (Å²) in [6.45, 7) is 0.201. The molecule has 0 amide bonds. The summed E-state index contributed by atoms with van der Waals surface area (Å²) in [6, 6.07) is 7.58. The van der Waals surface area contributed by atoms with E-state index in [9.17, 15) is 23.3 Å². The van der Waals surface area contributed by atoms with E-state index in [4.69, 9.17) is 0 Å². The van der Waals surface area contributed by atoms with Gasteiger partial charge in [-0.15, -0.1) is 0 Å². The third kappa shape index (κ3) is 3.94. The van der Waals surface area contributed by atoms with Crippen molar-refractivity contribution in [3.8, 4) is 0 Å². The number of nitrogens with zero attached hydrogens (tertiary/aromatic N) is 2. The zero-order valence-electron chi connectivity index (χ0n) is 10.9. The van der Waals surface area contributed by atoms with Gasteiger partial charge in [-0.3, -0.25) is 10.1 Å². The molecule has 0 aliphatic rings. The van der Waals surface area contributed by atoms with Crippen LogP contribution in [0, 0.1) is 10.1 Å². The van der Waals surface area contributed by atoms with E-state index in [1.165, 1.54) is 0 Å². The molecule has 0 bridgehead atoms. The predicted molar refractivity (Wildman–Crippen MR) is 77.4 cm³/mol. The third-order valence-corrected chi connectivity index (χ3v) is 3.29. The Labute approximate surface area is 131 Å². The van der Waals surface area contributed by atoms with Crippen LogP contribution in [0.1, 0.15) is 11.1 Å². The highest BCUT2D eigenvalue weighted by molar-refractivity contribution is 9.10. The predicted octanol–water partition coefficient (Wildman–Crippen LogP) is 4.38. The van der Waals surface area contributed by atoms with Crippen molar-refractivity contribution >= 4 is 27.4 Å². The Balaban J connectivity index is 2.23. The molecule has 0 saturated carbocycles. The second-order valence-corrected chi connectivity index (χ2v) is 5.24. The van der Waals surface area contributed by atoms with Crippen LogP contribution in [0.15, 0.2) is 41.0 Å². The Morgan fingerprint density at radius 2 is 1.91 bits per heavy atom. The topological polar surface area (TPSA) is 68.1 Å². The molecule has 0 saturated heterocycles. The minimum atomic E-state index is -4.68. The maximum Gasteiger partial charge on any atom is 0.418 e. The molecule has 1 aromatic carbocycles. The molecular formula is C13H9BrF3N3O2. The van der Waals surface area contributed by atoms with Crippen molar-refractivity contribution in [3.63, 3.8) is 0 Å². The van der Waals surface area contributed by atoms with Gasteiger partial charge in [-0.25, -0.2) is 4.98 Å². The number of aromatic nitrogens is 1. The van der Waals surface area contributed by atoms with Gasteiger partial charge in [0.15, 0.2) is 0 Å². The number of pyridine rings is 1. The number of halogens is 4. The SMILES string of the molecule is O=[N+]([O-])c1cc(C(F)(F)F)cnc1NCc1ccc(Br)cc1. The Hall–Kier alpha value is -2.16. The number of benzene rings is 1. The summed E-state index contributed by atoms with van der Waals surface area (Å²) < 4.78 is 38.6. The molecule has 0 fully saturated rings. The fourth-order valence-corrected chi connectivity index (χ4v) is 1.94. The summed E-state index contributed by atoms with van der Waals surface area (Å²) >= 11 is 3.27. The molecule has 9 heteroatoms. The summed E-state index contributed by atoms with van der Waals surface area (Å²) in [5, 5.41) is 13.6. The molecule has 1 heterocycles. The van der Waals surface area contributed by atoms with Crippen LogP contribution >= 0.6 is 15.9 Å². The van der Waals surface area contributed by atoms with Crippen LogP contribution in [-0.2, 0) is 12.7 Å². The summed E-state index contributed by atoms with van der Waals surface area (Å²) in [6.07, 6.45) is -4.11. The molecule has 0 aliphatic heterocycles.